The number of nitrogens with one attached hydrogen (secondary N) is 2. The van der Waals surface area contributed by atoms with Crippen molar-refractivity contribution in [1.82, 2.24) is 15.0 Å². The van der Waals surface area contributed by atoms with E-state index in [1.165, 1.54) is 6.20 Å². The summed E-state index contributed by atoms with van der Waals surface area (Å²) in [6.45, 7) is 0.485. The number of nitrogen functional groups attached to an aromatic ring is 1. The molecule has 0 aliphatic rings. The molecule has 0 aromatic carbocycles. The molecule has 0 atom stereocenters. The molecule has 2 heterocycles. The Bertz CT molecular complexity index is 511. The summed E-state index contributed by atoms with van der Waals surface area (Å²) in [6, 6.07) is 3.61. The molecule has 2 rings (SSSR count). The van der Waals surface area contributed by atoms with E-state index >= 15 is 0 Å². The lowest BCUT2D eigenvalue weighted by Gasteiger charge is -2.05. The van der Waals surface area contributed by atoms with Crippen LogP contribution in [-0.4, -0.2) is 15.0 Å². The third-order valence-corrected chi connectivity index (χ3v) is 2.01. The molecular formula is C10H10N6. The average Bonchev–Trinajstić information content (AvgIpc) is 2.80. The Labute approximate surface area is 92.1 Å². The first kappa shape index (κ1) is 9.98. The van der Waals surface area contributed by atoms with Crippen molar-refractivity contribution >= 4 is 11.5 Å². The molecule has 16 heavy (non-hydrogen) atoms. The van der Waals surface area contributed by atoms with E-state index in [-0.39, 0.29) is 0 Å². The number of imidazole rings is 1. The number of nitrogens with zero attached hydrogens (tertiary/aromatic N) is 3. The summed E-state index contributed by atoms with van der Waals surface area (Å²) in [5.74, 6) is 1.29. The van der Waals surface area contributed by atoms with Gasteiger partial charge in [0.25, 0.3) is 0 Å². The molecule has 80 valence electrons. The fraction of sp³-hybridized carbons (Fsp3) is 0.100. The van der Waals surface area contributed by atoms with E-state index in [2.05, 4.69) is 20.3 Å². The summed E-state index contributed by atoms with van der Waals surface area (Å²) in [5, 5.41) is 11.9. The third kappa shape index (κ3) is 2.09. The first-order valence-electron chi connectivity index (χ1n) is 4.67. The average molecular weight is 214 g/mol. The maximum Gasteiger partial charge on any atom is 0.144 e. The van der Waals surface area contributed by atoms with Crippen molar-refractivity contribution in [3.8, 4) is 6.07 Å². The van der Waals surface area contributed by atoms with Crippen LogP contribution in [-0.2, 0) is 6.54 Å². The minimum atomic E-state index is 0.423. The Morgan fingerprint density at radius 1 is 1.50 bits per heavy atom. The molecule has 6 nitrogen and oxygen atoms in total. The lowest BCUT2D eigenvalue weighted by molar-refractivity contribution is 0.987. The minimum Gasteiger partial charge on any atom is -0.397 e. The Balaban J connectivity index is 2.13. The normalized spacial score (nSPS) is 9.69. The summed E-state index contributed by atoms with van der Waals surface area (Å²) < 4.78 is 0. The Kier molecular flexibility index (Phi) is 2.69. The molecule has 0 aliphatic heterocycles. The van der Waals surface area contributed by atoms with Crippen LogP contribution in [0, 0.1) is 11.3 Å². The van der Waals surface area contributed by atoms with Crippen molar-refractivity contribution in [2.24, 2.45) is 0 Å². The largest absolute Gasteiger partial charge is 0.397 e. The predicted molar refractivity (Wildman–Crippen MR) is 59.3 cm³/mol. The second kappa shape index (κ2) is 4.31. The van der Waals surface area contributed by atoms with Crippen molar-refractivity contribution in [2.75, 3.05) is 11.1 Å². The zero-order valence-corrected chi connectivity index (χ0v) is 8.44. The molecule has 0 radical (unpaired) electrons. The van der Waals surface area contributed by atoms with Gasteiger partial charge in [-0.3, -0.25) is 0 Å². The van der Waals surface area contributed by atoms with Crippen molar-refractivity contribution in [3.05, 3.63) is 36.0 Å². The SMILES string of the molecule is N#Cc1cc(N)cnc1NCc1ncc[nH]1. The van der Waals surface area contributed by atoms with E-state index in [4.69, 9.17) is 11.0 Å². The van der Waals surface area contributed by atoms with Crippen LogP contribution in [0.5, 0.6) is 0 Å². The van der Waals surface area contributed by atoms with Crippen LogP contribution in [0.2, 0.25) is 0 Å². The summed E-state index contributed by atoms with van der Waals surface area (Å²) >= 11 is 0. The van der Waals surface area contributed by atoms with Gasteiger partial charge >= 0.3 is 0 Å². The minimum absolute atomic E-state index is 0.423. The molecule has 0 amide bonds. The fourth-order valence-electron chi connectivity index (χ4n) is 1.27. The highest BCUT2D eigenvalue weighted by atomic mass is 15.0. The Morgan fingerprint density at radius 2 is 2.38 bits per heavy atom. The van der Waals surface area contributed by atoms with Crippen molar-refractivity contribution in [1.29, 1.82) is 5.26 Å². The second-order valence-electron chi connectivity index (χ2n) is 3.17. The van der Waals surface area contributed by atoms with Gasteiger partial charge in [-0.2, -0.15) is 5.26 Å². The highest BCUT2D eigenvalue weighted by molar-refractivity contribution is 5.57. The smallest absolute Gasteiger partial charge is 0.144 e. The maximum absolute atomic E-state index is 8.89. The van der Waals surface area contributed by atoms with E-state index in [1.54, 1.807) is 18.5 Å². The molecule has 2 aromatic rings. The number of pyridine rings is 1. The molecule has 0 spiro atoms. The van der Waals surface area contributed by atoms with Crippen molar-refractivity contribution in [2.45, 2.75) is 6.54 Å². The van der Waals surface area contributed by atoms with Crippen molar-refractivity contribution < 1.29 is 0 Å². The van der Waals surface area contributed by atoms with Gasteiger partial charge in [0.05, 0.1) is 24.0 Å². The van der Waals surface area contributed by atoms with Gasteiger partial charge < -0.3 is 16.0 Å². The van der Waals surface area contributed by atoms with Crippen LogP contribution < -0.4 is 11.1 Å². The number of anilines is 2. The van der Waals surface area contributed by atoms with Gasteiger partial charge in [-0.25, -0.2) is 9.97 Å². The summed E-state index contributed by atoms with van der Waals surface area (Å²) in [6.07, 6.45) is 4.91. The van der Waals surface area contributed by atoms with E-state index in [0.717, 1.165) is 5.82 Å². The molecule has 4 N–H and O–H groups in total. The van der Waals surface area contributed by atoms with Gasteiger partial charge in [0.15, 0.2) is 0 Å². The monoisotopic (exact) mass is 214 g/mol. The number of nitriles is 1. The number of H-pyrrole nitrogens is 1. The quantitative estimate of drug-likeness (QED) is 0.703. The summed E-state index contributed by atoms with van der Waals surface area (Å²) in [4.78, 5) is 11.0. The van der Waals surface area contributed by atoms with Gasteiger partial charge in [-0.1, -0.05) is 0 Å². The zero-order chi connectivity index (χ0) is 11.4. The molecular weight excluding hydrogens is 204 g/mol. The van der Waals surface area contributed by atoms with Gasteiger partial charge in [-0.15, -0.1) is 0 Å². The molecule has 0 unspecified atom stereocenters. The van der Waals surface area contributed by atoms with Crippen LogP contribution in [0.1, 0.15) is 11.4 Å². The number of nitrogens with two attached hydrogens (primary N) is 1. The predicted octanol–water partition coefficient (Wildman–Crippen LogP) is 0.871. The summed E-state index contributed by atoms with van der Waals surface area (Å²) in [7, 11) is 0. The van der Waals surface area contributed by atoms with Gasteiger partial charge in [0, 0.05) is 12.4 Å². The van der Waals surface area contributed by atoms with Crippen LogP contribution in [0.25, 0.3) is 0 Å². The Hall–Kier alpha value is -2.55. The van der Waals surface area contributed by atoms with Crippen LogP contribution in [0.3, 0.4) is 0 Å². The van der Waals surface area contributed by atoms with Crippen LogP contribution in [0.4, 0.5) is 11.5 Å². The van der Waals surface area contributed by atoms with E-state index in [0.29, 0.717) is 23.6 Å². The number of hydrogen-bond acceptors (Lipinski definition) is 5. The van der Waals surface area contributed by atoms with Gasteiger partial charge in [0.2, 0.25) is 0 Å². The molecule has 2 aromatic heterocycles. The first-order valence-corrected chi connectivity index (χ1v) is 4.67. The van der Waals surface area contributed by atoms with Crippen LogP contribution in [0.15, 0.2) is 24.7 Å². The number of rotatable bonds is 3. The molecule has 0 saturated carbocycles. The van der Waals surface area contributed by atoms with Gasteiger partial charge in [-0.05, 0) is 6.07 Å². The number of aromatic nitrogens is 3. The fourth-order valence-corrected chi connectivity index (χ4v) is 1.27. The van der Waals surface area contributed by atoms with Crippen LogP contribution >= 0.6 is 0 Å². The lowest BCUT2D eigenvalue weighted by atomic mass is 10.2. The first-order chi connectivity index (χ1) is 7.79. The van der Waals surface area contributed by atoms with E-state index < -0.39 is 0 Å². The Morgan fingerprint density at radius 3 is 3.06 bits per heavy atom. The molecule has 0 fully saturated rings. The standard InChI is InChI=1S/C10H10N6/c11-4-7-3-8(12)5-15-10(7)16-6-9-13-1-2-14-9/h1-3,5H,6,12H2,(H,13,14)(H,15,16). The zero-order valence-electron chi connectivity index (χ0n) is 8.44. The van der Waals surface area contributed by atoms with E-state index in [9.17, 15) is 0 Å². The second-order valence-corrected chi connectivity index (χ2v) is 3.17. The number of hydrogen-bond donors (Lipinski definition) is 3. The number of aromatic amines is 1. The lowest BCUT2D eigenvalue weighted by Crippen LogP contribution is -2.05. The molecule has 0 aliphatic carbocycles. The third-order valence-electron chi connectivity index (χ3n) is 2.01. The van der Waals surface area contributed by atoms with Gasteiger partial charge in [0.1, 0.15) is 17.7 Å². The van der Waals surface area contributed by atoms with E-state index in [1.807, 2.05) is 6.07 Å². The topological polar surface area (TPSA) is 103 Å². The molecule has 0 saturated heterocycles. The molecule has 6 heteroatoms. The maximum atomic E-state index is 8.89. The molecule has 0 bridgehead atoms. The van der Waals surface area contributed by atoms with Crippen molar-refractivity contribution in [3.63, 3.8) is 0 Å². The highest BCUT2D eigenvalue weighted by Crippen LogP contribution is 2.14. The summed E-state index contributed by atoms with van der Waals surface area (Å²) in [5.41, 5.74) is 6.43. The highest BCUT2D eigenvalue weighted by Gasteiger charge is 2.04.